The van der Waals surface area contributed by atoms with E-state index in [4.69, 9.17) is 4.74 Å². The lowest BCUT2D eigenvalue weighted by molar-refractivity contribution is 0.152. The fraction of sp³-hybridized carbons (Fsp3) is 0.615. The molecule has 146 valence electrons. The van der Waals surface area contributed by atoms with Crippen LogP contribution in [0.2, 0.25) is 0 Å². The molecule has 3 rings (SSSR count). The van der Waals surface area contributed by atoms with E-state index in [1.165, 1.54) is 64.2 Å². The first kappa shape index (κ1) is 20.1. The molecule has 1 aromatic carbocycles. The van der Waals surface area contributed by atoms with Gasteiger partial charge in [0.25, 0.3) is 0 Å². The monoisotopic (exact) mass is 364 g/mol. The molecule has 0 heterocycles. The summed E-state index contributed by atoms with van der Waals surface area (Å²) in [6.07, 6.45) is 18.9. The van der Waals surface area contributed by atoms with Crippen molar-refractivity contribution in [3.8, 4) is 17.6 Å². The topological polar surface area (TPSA) is 9.23 Å². The Morgan fingerprint density at radius 3 is 2.15 bits per heavy atom. The van der Waals surface area contributed by atoms with Crippen molar-refractivity contribution in [1.29, 1.82) is 0 Å². The van der Waals surface area contributed by atoms with E-state index < -0.39 is 0 Å². The predicted molar refractivity (Wildman–Crippen MR) is 115 cm³/mol. The van der Waals surface area contributed by atoms with E-state index in [9.17, 15) is 0 Å². The molecule has 1 heteroatoms. The summed E-state index contributed by atoms with van der Waals surface area (Å²) in [7, 11) is 1.69. The van der Waals surface area contributed by atoms with Crippen LogP contribution in [0.1, 0.15) is 76.7 Å². The van der Waals surface area contributed by atoms with E-state index in [-0.39, 0.29) is 0 Å². The number of hydrogen-bond donors (Lipinski definition) is 0. The van der Waals surface area contributed by atoms with Gasteiger partial charge in [0.2, 0.25) is 0 Å². The molecule has 1 nitrogen and oxygen atoms in total. The van der Waals surface area contributed by atoms with Crippen LogP contribution in [0.4, 0.5) is 0 Å². The second kappa shape index (κ2) is 10.6. The number of ether oxygens (including phenoxy) is 1. The third kappa shape index (κ3) is 6.17. The van der Waals surface area contributed by atoms with Crippen LogP contribution >= 0.6 is 0 Å². The minimum atomic E-state index is 0.739. The Kier molecular flexibility index (Phi) is 7.88. The SMILES string of the molecule is CCCC1CCC(C2CCC(/C=C/C#Cc3ccc(OC)cc3)CC2)CC1. The second-order valence-electron chi connectivity index (χ2n) is 8.60. The van der Waals surface area contributed by atoms with Gasteiger partial charge < -0.3 is 4.74 Å². The van der Waals surface area contributed by atoms with Crippen molar-refractivity contribution in [2.24, 2.45) is 23.7 Å². The molecule has 27 heavy (non-hydrogen) atoms. The lowest BCUT2D eigenvalue weighted by Gasteiger charge is -2.37. The van der Waals surface area contributed by atoms with Gasteiger partial charge in [-0.2, -0.15) is 0 Å². The summed E-state index contributed by atoms with van der Waals surface area (Å²) < 4.78 is 5.18. The Balaban J connectivity index is 1.39. The van der Waals surface area contributed by atoms with Gasteiger partial charge in [0.15, 0.2) is 0 Å². The van der Waals surface area contributed by atoms with Crippen molar-refractivity contribution in [2.45, 2.75) is 71.1 Å². The molecule has 0 saturated heterocycles. The summed E-state index contributed by atoms with van der Waals surface area (Å²) in [6.45, 7) is 2.34. The summed E-state index contributed by atoms with van der Waals surface area (Å²) >= 11 is 0. The Hall–Kier alpha value is -1.68. The maximum Gasteiger partial charge on any atom is 0.118 e. The zero-order chi connectivity index (χ0) is 18.9. The maximum atomic E-state index is 5.18. The molecule has 2 fully saturated rings. The van der Waals surface area contributed by atoms with Crippen LogP contribution in [0.5, 0.6) is 5.75 Å². The summed E-state index contributed by atoms with van der Waals surface area (Å²) in [4.78, 5) is 0. The number of hydrogen-bond acceptors (Lipinski definition) is 1. The Morgan fingerprint density at radius 1 is 0.926 bits per heavy atom. The van der Waals surface area contributed by atoms with Gasteiger partial charge in [-0.3, -0.25) is 0 Å². The highest BCUT2D eigenvalue weighted by atomic mass is 16.5. The third-order valence-electron chi connectivity index (χ3n) is 6.83. The van der Waals surface area contributed by atoms with Crippen LogP contribution in [0.15, 0.2) is 36.4 Å². The largest absolute Gasteiger partial charge is 0.497 e. The first-order valence-electron chi connectivity index (χ1n) is 11.1. The lowest BCUT2D eigenvalue weighted by atomic mass is 9.69. The molecule has 2 aliphatic carbocycles. The van der Waals surface area contributed by atoms with Crippen molar-refractivity contribution in [2.75, 3.05) is 7.11 Å². The van der Waals surface area contributed by atoms with Gasteiger partial charge in [-0.1, -0.05) is 50.5 Å². The number of benzene rings is 1. The molecular weight excluding hydrogens is 328 g/mol. The minimum absolute atomic E-state index is 0.739. The first-order valence-corrected chi connectivity index (χ1v) is 11.1. The predicted octanol–water partition coefficient (Wildman–Crippen LogP) is 7.02. The molecule has 2 aliphatic rings. The minimum Gasteiger partial charge on any atom is -0.497 e. The average Bonchev–Trinajstić information content (AvgIpc) is 2.73. The van der Waals surface area contributed by atoms with Gasteiger partial charge in [-0.15, -0.1) is 0 Å². The quantitative estimate of drug-likeness (QED) is 0.510. The van der Waals surface area contributed by atoms with E-state index in [0.29, 0.717) is 0 Å². The van der Waals surface area contributed by atoms with Crippen molar-refractivity contribution < 1.29 is 4.74 Å². The Labute approximate surface area is 166 Å². The number of rotatable bonds is 5. The highest BCUT2D eigenvalue weighted by Crippen LogP contribution is 2.42. The Morgan fingerprint density at radius 2 is 1.56 bits per heavy atom. The average molecular weight is 365 g/mol. The molecule has 1 aromatic rings. The standard InChI is InChI=1S/C26H36O/c1-3-6-21-9-15-24(16-10-21)25-17-11-22(12-18-25)7-4-5-8-23-13-19-26(27-2)20-14-23/h4,7,13-14,19-22,24-25H,3,6,9-12,15-18H2,1-2H3/b7-4+. The van der Waals surface area contributed by atoms with Crippen LogP contribution in [0.3, 0.4) is 0 Å². The fourth-order valence-corrected chi connectivity index (χ4v) is 5.15. The fourth-order valence-electron chi connectivity index (χ4n) is 5.15. The van der Waals surface area contributed by atoms with E-state index in [0.717, 1.165) is 35.0 Å². The van der Waals surface area contributed by atoms with Crippen molar-refractivity contribution in [3.05, 3.63) is 42.0 Å². The smallest absolute Gasteiger partial charge is 0.118 e. The molecule has 0 unspecified atom stereocenters. The normalized spacial score (nSPS) is 28.5. The zero-order valence-corrected chi connectivity index (χ0v) is 17.3. The van der Waals surface area contributed by atoms with Crippen LogP contribution in [0.25, 0.3) is 0 Å². The third-order valence-corrected chi connectivity index (χ3v) is 6.83. The highest BCUT2D eigenvalue weighted by molar-refractivity contribution is 5.40. The lowest BCUT2D eigenvalue weighted by Crippen LogP contribution is -2.25. The van der Waals surface area contributed by atoms with Crippen molar-refractivity contribution in [1.82, 2.24) is 0 Å². The summed E-state index contributed by atoms with van der Waals surface area (Å²) in [6, 6.07) is 7.95. The molecule has 0 amide bonds. The first-order chi connectivity index (χ1) is 13.3. The molecule has 0 aromatic heterocycles. The number of methoxy groups -OCH3 is 1. The van der Waals surface area contributed by atoms with Crippen molar-refractivity contribution >= 4 is 0 Å². The highest BCUT2D eigenvalue weighted by Gasteiger charge is 2.29. The summed E-state index contributed by atoms with van der Waals surface area (Å²) in [5, 5.41) is 0. The number of allylic oxidation sites excluding steroid dienone is 2. The second-order valence-corrected chi connectivity index (χ2v) is 8.60. The van der Waals surface area contributed by atoms with E-state index in [1.807, 2.05) is 24.3 Å². The molecule has 0 bridgehead atoms. The van der Waals surface area contributed by atoms with E-state index in [2.05, 4.69) is 30.9 Å². The zero-order valence-electron chi connectivity index (χ0n) is 17.3. The summed E-state index contributed by atoms with van der Waals surface area (Å²) in [5.74, 6) is 11.1. The maximum absolute atomic E-state index is 5.18. The molecule has 0 aliphatic heterocycles. The van der Waals surface area contributed by atoms with Gasteiger partial charge in [0, 0.05) is 5.56 Å². The molecule has 0 N–H and O–H groups in total. The molecule has 0 radical (unpaired) electrons. The van der Waals surface area contributed by atoms with Gasteiger partial charge in [-0.05, 0) is 92.5 Å². The molecule has 0 spiro atoms. The van der Waals surface area contributed by atoms with Crippen LogP contribution in [-0.4, -0.2) is 7.11 Å². The van der Waals surface area contributed by atoms with Gasteiger partial charge in [-0.25, -0.2) is 0 Å². The van der Waals surface area contributed by atoms with E-state index >= 15 is 0 Å². The van der Waals surface area contributed by atoms with Crippen molar-refractivity contribution in [3.63, 3.8) is 0 Å². The van der Waals surface area contributed by atoms with Gasteiger partial charge in [0.1, 0.15) is 5.75 Å². The molecular formula is C26H36O. The van der Waals surface area contributed by atoms with Crippen LogP contribution in [-0.2, 0) is 0 Å². The molecule has 0 atom stereocenters. The Bertz CT molecular complexity index is 629. The molecule has 2 saturated carbocycles. The van der Waals surface area contributed by atoms with Gasteiger partial charge >= 0.3 is 0 Å². The van der Waals surface area contributed by atoms with Crippen LogP contribution in [0, 0.1) is 35.5 Å². The van der Waals surface area contributed by atoms with E-state index in [1.54, 1.807) is 7.11 Å². The van der Waals surface area contributed by atoms with Crippen LogP contribution < -0.4 is 4.74 Å². The summed E-state index contributed by atoms with van der Waals surface area (Å²) in [5.41, 5.74) is 1.04. The van der Waals surface area contributed by atoms with Gasteiger partial charge in [0.05, 0.1) is 7.11 Å².